The van der Waals surface area contributed by atoms with E-state index in [0.29, 0.717) is 19.6 Å². The lowest BCUT2D eigenvalue weighted by Gasteiger charge is -2.18. The van der Waals surface area contributed by atoms with Crippen molar-refractivity contribution in [1.82, 2.24) is 19.6 Å². The SMILES string of the molecule is Cc1ccc(N2CCN(CC(=O)NCc3cn4ccccc4n3)C2=O)cc1. The third-order valence-electron chi connectivity index (χ3n) is 4.66. The third kappa shape index (κ3) is 3.62. The van der Waals surface area contributed by atoms with Gasteiger partial charge in [0.2, 0.25) is 5.91 Å². The number of fused-ring (bicyclic) bond motifs is 1. The molecule has 3 amide bonds. The van der Waals surface area contributed by atoms with Gasteiger partial charge in [-0.25, -0.2) is 9.78 Å². The molecule has 0 radical (unpaired) electrons. The van der Waals surface area contributed by atoms with Crippen LogP contribution in [0.15, 0.2) is 54.9 Å². The number of rotatable bonds is 5. The molecule has 1 aliphatic rings. The number of benzene rings is 1. The summed E-state index contributed by atoms with van der Waals surface area (Å²) in [6.07, 6.45) is 3.80. The average molecular weight is 363 g/mol. The van der Waals surface area contributed by atoms with Crippen molar-refractivity contribution in [2.24, 2.45) is 0 Å². The lowest BCUT2D eigenvalue weighted by Crippen LogP contribution is -2.39. The Morgan fingerprint density at radius 3 is 2.74 bits per heavy atom. The summed E-state index contributed by atoms with van der Waals surface area (Å²) in [5.41, 5.74) is 3.63. The summed E-state index contributed by atoms with van der Waals surface area (Å²) in [5, 5.41) is 2.84. The molecule has 1 N–H and O–H groups in total. The maximum Gasteiger partial charge on any atom is 0.325 e. The molecule has 0 spiro atoms. The van der Waals surface area contributed by atoms with Crippen LogP contribution in [0, 0.1) is 6.92 Å². The lowest BCUT2D eigenvalue weighted by molar-refractivity contribution is -0.121. The van der Waals surface area contributed by atoms with Gasteiger partial charge >= 0.3 is 6.03 Å². The second-order valence-corrected chi connectivity index (χ2v) is 6.67. The number of hydrogen-bond donors (Lipinski definition) is 1. The van der Waals surface area contributed by atoms with Crippen LogP contribution in [0.1, 0.15) is 11.3 Å². The zero-order valence-electron chi connectivity index (χ0n) is 15.1. The minimum atomic E-state index is -0.189. The molecule has 3 aromatic rings. The number of anilines is 1. The number of aromatic nitrogens is 2. The van der Waals surface area contributed by atoms with Crippen molar-refractivity contribution in [3.05, 3.63) is 66.1 Å². The number of hydrogen-bond acceptors (Lipinski definition) is 3. The van der Waals surface area contributed by atoms with Gasteiger partial charge in [-0.3, -0.25) is 9.69 Å². The van der Waals surface area contributed by atoms with Crippen LogP contribution in [0.25, 0.3) is 5.65 Å². The Balaban J connectivity index is 1.33. The largest absolute Gasteiger partial charge is 0.349 e. The number of imidazole rings is 1. The Labute approximate surface area is 157 Å². The Morgan fingerprint density at radius 2 is 1.96 bits per heavy atom. The topological polar surface area (TPSA) is 69.9 Å². The van der Waals surface area contributed by atoms with Crippen molar-refractivity contribution in [2.45, 2.75) is 13.5 Å². The van der Waals surface area contributed by atoms with E-state index in [9.17, 15) is 9.59 Å². The van der Waals surface area contributed by atoms with Crippen molar-refractivity contribution in [1.29, 1.82) is 0 Å². The zero-order chi connectivity index (χ0) is 18.8. The summed E-state index contributed by atoms with van der Waals surface area (Å²) in [6.45, 7) is 3.52. The van der Waals surface area contributed by atoms with E-state index in [1.807, 2.05) is 66.2 Å². The fourth-order valence-electron chi connectivity index (χ4n) is 3.18. The summed E-state index contributed by atoms with van der Waals surface area (Å²) in [4.78, 5) is 32.6. The second-order valence-electron chi connectivity index (χ2n) is 6.67. The quantitative estimate of drug-likeness (QED) is 0.756. The molecule has 138 valence electrons. The van der Waals surface area contributed by atoms with Crippen molar-refractivity contribution in [3.63, 3.8) is 0 Å². The molecule has 1 fully saturated rings. The van der Waals surface area contributed by atoms with Crippen LogP contribution in [0.3, 0.4) is 0 Å². The number of carbonyl (C=O) groups excluding carboxylic acids is 2. The maximum absolute atomic E-state index is 12.6. The first-order chi connectivity index (χ1) is 13.1. The van der Waals surface area contributed by atoms with Gasteiger partial charge in [0.15, 0.2) is 0 Å². The number of nitrogens with one attached hydrogen (secondary N) is 1. The third-order valence-corrected chi connectivity index (χ3v) is 4.66. The molecule has 3 heterocycles. The number of urea groups is 1. The highest BCUT2D eigenvalue weighted by atomic mass is 16.2. The first-order valence-corrected chi connectivity index (χ1v) is 8.92. The van der Waals surface area contributed by atoms with E-state index >= 15 is 0 Å². The molecular weight excluding hydrogens is 342 g/mol. The van der Waals surface area contributed by atoms with Gasteiger partial charge in [0.25, 0.3) is 0 Å². The molecule has 27 heavy (non-hydrogen) atoms. The highest BCUT2D eigenvalue weighted by molar-refractivity contribution is 5.96. The minimum Gasteiger partial charge on any atom is -0.349 e. The predicted molar refractivity (Wildman–Crippen MR) is 103 cm³/mol. The van der Waals surface area contributed by atoms with Crippen LogP contribution in [0.5, 0.6) is 0 Å². The van der Waals surface area contributed by atoms with Gasteiger partial charge in [-0.05, 0) is 31.2 Å². The summed E-state index contributed by atoms with van der Waals surface area (Å²) in [5.74, 6) is -0.189. The van der Waals surface area contributed by atoms with Crippen LogP contribution in [0.2, 0.25) is 0 Å². The van der Waals surface area contributed by atoms with E-state index in [2.05, 4.69) is 10.3 Å². The molecule has 1 saturated heterocycles. The molecule has 0 atom stereocenters. The van der Waals surface area contributed by atoms with E-state index in [4.69, 9.17) is 0 Å². The molecule has 0 bridgehead atoms. The Kier molecular flexibility index (Phi) is 4.50. The Morgan fingerprint density at radius 1 is 1.15 bits per heavy atom. The normalized spacial score (nSPS) is 14.2. The lowest BCUT2D eigenvalue weighted by atomic mass is 10.2. The molecule has 1 aliphatic heterocycles. The molecule has 7 heteroatoms. The number of amides is 3. The van der Waals surface area contributed by atoms with Crippen LogP contribution in [-0.2, 0) is 11.3 Å². The monoisotopic (exact) mass is 363 g/mol. The van der Waals surface area contributed by atoms with Crippen LogP contribution >= 0.6 is 0 Å². The predicted octanol–water partition coefficient (Wildman–Crippen LogP) is 2.20. The number of nitrogens with zero attached hydrogens (tertiary/aromatic N) is 4. The van der Waals surface area contributed by atoms with E-state index in [1.165, 1.54) is 0 Å². The Bertz CT molecular complexity index is 946. The molecule has 0 saturated carbocycles. The summed E-state index contributed by atoms with van der Waals surface area (Å²) < 4.78 is 1.91. The van der Waals surface area contributed by atoms with E-state index in [-0.39, 0.29) is 18.5 Å². The molecule has 2 aromatic heterocycles. The molecule has 0 unspecified atom stereocenters. The standard InChI is InChI=1S/C20H21N5O2/c1-15-5-7-17(8-6-15)25-11-10-24(20(25)27)14-19(26)21-12-16-13-23-9-3-2-4-18(23)22-16/h2-9,13H,10-12,14H2,1H3,(H,21,26). The van der Waals surface area contributed by atoms with Crippen LogP contribution in [-0.4, -0.2) is 45.9 Å². The van der Waals surface area contributed by atoms with Gasteiger partial charge in [0, 0.05) is 31.2 Å². The van der Waals surface area contributed by atoms with Gasteiger partial charge in [-0.2, -0.15) is 0 Å². The molecular formula is C20H21N5O2. The highest BCUT2D eigenvalue weighted by Crippen LogP contribution is 2.20. The minimum absolute atomic E-state index is 0.0502. The second kappa shape index (κ2) is 7.11. The molecule has 7 nitrogen and oxygen atoms in total. The highest BCUT2D eigenvalue weighted by Gasteiger charge is 2.30. The molecule has 1 aromatic carbocycles. The first kappa shape index (κ1) is 17.1. The van der Waals surface area contributed by atoms with Crippen LogP contribution in [0.4, 0.5) is 10.5 Å². The van der Waals surface area contributed by atoms with Gasteiger partial charge < -0.3 is 14.6 Å². The summed E-state index contributed by atoms with van der Waals surface area (Å²) in [7, 11) is 0. The van der Waals surface area contributed by atoms with Gasteiger partial charge in [0.05, 0.1) is 12.2 Å². The van der Waals surface area contributed by atoms with Gasteiger partial charge in [-0.1, -0.05) is 23.8 Å². The number of pyridine rings is 1. The van der Waals surface area contributed by atoms with E-state index < -0.39 is 0 Å². The van der Waals surface area contributed by atoms with Crippen molar-refractivity contribution in [3.8, 4) is 0 Å². The van der Waals surface area contributed by atoms with Gasteiger partial charge in [-0.15, -0.1) is 0 Å². The number of aryl methyl sites for hydroxylation is 1. The fraction of sp³-hybridized carbons (Fsp3) is 0.250. The smallest absolute Gasteiger partial charge is 0.325 e. The number of carbonyl (C=O) groups is 2. The average Bonchev–Trinajstić information content (AvgIpc) is 3.24. The first-order valence-electron chi connectivity index (χ1n) is 8.92. The van der Waals surface area contributed by atoms with E-state index in [1.54, 1.807) is 9.80 Å². The fourth-order valence-corrected chi connectivity index (χ4v) is 3.18. The van der Waals surface area contributed by atoms with E-state index in [0.717, 1.165) is 22.6 Å². The Hall–Kier alpha value is -3.35. The van der Waals surface area contributed by atoms with Crippen molar-refractivity contribution in [2.75, 3.05) is 24.5 Å². The maximum atomic E-state index is 12.6. The summed E-state index contributed by atoms with van der Waals surface area (Å²) >= 11 is 0. The molecule has 0 aliphatic carbocycles. The summed E-state index contributed by atoms with van der Waals surface area (Å²) in [6, 6.07) is 13.4. The van der Waals surface area contributed by atoms with Crippen LogP contribution < -0.4 is 10.2 Å². The van der Waals surface area contributed by atoms with Crippen molar-refractivity contribution >= 4 is 23.3 Å². The molecule has 4 rings (SSSR count). The van der Waals surface area contributed by atoms with Gasteiger partial charge in [0.1, 0.15) is 12.2 Å². The van der Waals surface area contributed by atoms with Crippen molar-refractivity contribution < 1.29 is 9.59 Å². The zero-order valence-corrected chi connectivity index (χ0v) is 15.1.